The van der Waals surface area contributed by atoms with E-state index in [9.17, 15) is 4.57 Å². The van der Waals surface area contributed by atoms with Gasteiger partial charge in [0, 0.05) is 4.47 Å². The van der Waals surface area contributed by atoms with E-state index < -0.39 is 0 Å². The van der Waals surface area contributed by atoms with E-state index in [1.54, 1.807) is 12.1 Å². The molecule has 0 radical (unpaired) electrons. The van der Waals surface area contributed by atoms with Gasteiger partial charge in [-0.15, -0.1) is 0 Å². The van der Waals surface area contributed by atoms with Crippen LogP contribution in [0.4, 0.5) is 0 Å². The van der Waals surface area contributed by atoms with Gasteiger partial charge in [-0.25, -0.2) is 4.57 Å². The third-order valence-electron chi connectivity index (χ3n) is 0.939. The molecule has 2 nitrogen and oxygen atoms in total. The third kappa shape index (κ3) is 2.09. The molecule has 0 bridgehead atoms. The van der Waals surface area contributed by atoms with Crippen LogP contribution in [0.15, 0.2) is 28.7 Å². The minimum absolute atomic E-state index is 0.323. The Morgan fingerprint density at radius 1 is 1.50 bits per heavy atom. The summed E-state index contributed by atoms with van der Waals surface area (Å²) >= 11 is 3.25. The molecule has 1 aromatic carbocycles. The van der Waals surface area contributed by atoms with Gasteiger partial charge >= 0.3 is 8.69 Å². The highest BCUT2D eigenvalue weighted by Crippen LogP contribution is 2.19. The van der Waals surface area contributed by atoms with Crippen LogP contribution in [0, 0.1) is 0 Å². The Morgan fingerprint density at radius 3 is 2.90 bits per heavy atom. The molecule has 0 amide bonds. The van der Waals surface area contributed by atoms with Gasteiger partial charge in [0.1, 0.15) is 5.75 Å². The van der Waals surface area contributed by atoms with E-state index in [0.29, 0.717) is 5.75 Å². The van der Waals surface area contributed by atoms with Crippen molar-refractivity contribution >= 4 is 24.6 Å². The Balaban J connectivity index is 2.84. The predicted molar refractivity (Wildman–Crippen MR) is 42.4 cm³/mol. The van der Waals surface area contributed by atoms with Crippen LogP contribution in [0.2, 0.25) is 0 Å². The lowest BCUT2D eigenvalue weighted by Crippen LogP contribution is -1.72. The molecule has 0 aliphatic heterocycles. The summed E-state index contributed by atoms with van der Waals surface area (Å²) in [5.74, 6) is 0.589. The Hall–Kier alpha value is -0.400. The molecule has 52 valence electrons. The van der Waals surface area contributed by atoms with Crippen molar-refractivity contribution in [2.45, 2.75) is 0 Å². The molecular formula is C6H4BrO2P. The summed E-state index contributed by atoms with van der Waals surface area (Å²) in [4.78, 5) is 0. The topological polar surface area (TPSA) is 26.3 Å². The Bertz CT molecular complexity index is 239. The van der Waals surface area contributed by atoms with Gasteiger partial charge in [-0.1, -0.05) is 22.0 Å². The zero-order chi connectivity index (χ0) is 7.40. The van der Waals surface area contributed by atoms with Crippen LogP contribution in [0.25, 0.3) is 0 Å². The quantitative estimate of drug-likeness (QED) is 0.714. The second-order valence-electron chi connectivity index (χ2n) is 1.62. The Morgan fingerprint density at radius 2 is 2.30 bits per heavy atom. The minimum atomic E-state index is -0.323. The van der Waals surface area contributed by atoms with Crippen LogP contribution in [0.5, 0.6) is 5.75 Å². The maximum atomic E-state index is 9.95. The van der Waals surface area contributed by atoms with E-state index in [0.717, 1.165) is 4.47 Å². The Kier molecular flexibility index (Phi) is 2.84. The molecule has 0 spiro atoms. The van der Waals surface area contributed by atoms with Gasteiger partial charge in [-0.05, 0) is 18.2 Å². The number of rotatable bonds is 2. The van der Waals surface area contributed by atoms with E-state index in [2.05, 4.69) is 20.5 Å². The van der Waals surface area contributed by atoms with Gasteiger partial charge in [0.25, 0.3) is 0 Å². The molecule has 0 aliphatic carbocycles. The van der Waals surface area contributed by atoms with Gasteiger partial charge in [0.2, 0.25) is 0 Å². The van der Waals surface area contributed by atoms with Crippen LogP contribution in [-0.4, -0.2) is 0 Å². The monoisotopic (exact) mass is 218 g/mol. The highest BCUT2D eigenvalue weighted by Gasteiger charge is 1.91. The number of hydrogen-bond donors (Lipinski definition) is 0. The second-order valence-corrected chi connectivity index (χ2v) is 2.87. The first kappa shape index (κ1) is 7.70. The van der Waals surface area contributed by atoms with E-state index in [1.807, 2.05) is 12.1 Å². The van der Waals surface area contributed by atoms with Crippen LogP contribution >= 0.6 is 24.6 Å². The van der Waals surface area contributed by atoms with Crippen LogP contribution in [0.3, 0.4) is 0 Å². The number of benzene rings is 1. The van der Waals surface area contributed by atoms with E-state index in [1.165, 1.54) is 0 Å². The Labute approximate surface area is 68.6 Å². The minimum Gasteiger partial charge on any atom is -0.408 e. The maximum Gasteiger partial charge on any atom is 0.395 e. The average Bonchev–Trinajstić information content (AvgIpc) is 1.88. The summed E-state index contributed by atoms with van der Waals surface area (Å²) in [6.45, 7) is 0. The summed E-state index contributed by atoms with van der Waals surface area (Å²) in [6.07, 6.45) is 0. The van der Waals surface area contributed by atoms with E-state index >= 15 is 0 Å². The fourth-order valence-electron chi connectivity index (χ4n) is 0.567. The first-order chi connectivity index (χ1) is 4.83. The van der Waals surface area contributed by atoms with Crippen molar-refractivity contribution in [1.82, 2.24) is 0 Å². The third-order valence-corrected chi connectivity index (χ3v) is 1.72. The fraction of sp³-hybridized carbons (Fsp3) is 0. The van der Waals surface area contributed by atoms with Crippen molar-refractivity contribution in [3.63, 3.8) is 0 Å². The van der Waals surface area contributed by atoms with Crippen LogP contribution < -0.4 is 4.52 Å². The molecule has 0 unspecified atom stereocenters. The van der Waals surface area contributed by atoms with Gasteiger partial charge in [-0.2, -0.15) is 0 Å². The highest BCUT2D eigenvalue weighted by atomic mass is 79.9. The summed E-state index contributed by atoms with van der Waals surface area (Å²) in [7, 11) is -0.323. The predicted octanol–water partition coefficient (Wildman–Crippen LogP) is 3.03. The highest BCUT2D eigenvalue weighted by molar-refractivity contribution is 9.10. The van der Waals surface area contributed by atoms with Crippen molar-refractivity contribution < 1.29 is 9.09 Å². The average molecular weight is 219 g/mol. The number of hydrogen-bond acceptors (Lipinski definition) is 2. The van der Waals surface area contributed by atoms with E-state index in [4.69, 9.17) is 0 Å². The molecule has 10 heavy (non-hydrogen) atoms. The molecular weight excluding hydrogens is 215 g/mol. The zero-order valence-corrected chi connectivity index (χ0v) is 7.43. The fourth-order valence-corrected chi connectivity index (χ4v) is 1.14. The lowest BCUT2D eigenvalue weighted by atomic mass is 10.3. The summed E-state index contributed by atoms with van der Waals surface area (Å²) in [5, 5.41) is 0. The van der Waals surface area contributed by atoms with E-state index in [-0.39, 0.29) is 8.69 Å². The van der Waals surface area contributed by atoms with Gasteiger partial charge in [0.15, 0.2) is 0 Å². The molecule has 1 rings (SSSR count). The first-order valence-corrected chi connectivity index (χ1v) is 4.10. The zero-order valence-electron chi connectivity index (χ0n) is 4.95. The van der Waals surface area contributed by atoms with Crippen molar-refractivity contribution in [1.29, 1.82) is 0 Å². The smallest absolute Gasteiger partial charge is 0.395 e. The molecule has 4 heteroatoms. The van der Waals surface area contributed by atoms with Crippen LogP contribution in [-0.2, 0) is 4.57 Å². The van der Waals surface area contributed by atoms with Crippen molar-refractivity contribution in [3.8, 4) is 5.75 Å². The molecule has 1 aromatic rings. The lowest BCUT2D eigenvalue weighted by molar-refractivity contribution is 0.525. The molecule has 0 heterocycles. The SMILES string of the molecule is O=POc1cccc(Br)c1. The lowest BCUT2D eigenvalue weighted by Gasteiger charge is -1.94. The standard InChI is InChI=1S/C6H4BrO2P/c7-5-2-1-3-6(4-5)9-10-8/h1-4H. The van der Waals surface area contributed by atoms with Crippen molar-refractivity contribution in [2.24, 2.45) is 0 Å². The van der Waals surface area contributed by atoms with Gasteiger partial charge in [0.05, 0.1) is 0 Å². The summed E-state index contributed by atoms with van der Waals surface area (Å²) in [5.41, 5.74) is 0. The molecule has 0 N–H and O–H groups in total. The molecule has 0 saturated heterocycles. The molecule has 0 atom stereocenters. The van der Waals surface area contributed by atoms with Crippen LogP contribution in [0.1, 0.15) is 0 Å². The van der Waals surface area contributed by atoms with Crippen molar-refractivity contribution in [2.75, 3.05) is 0 Å². The summed E-state index contributed by atoms with van der Waals surface area (Å²) < 4.78 is 15.5. The normalized spacial score (nSPS) is 9.70. The maximum absolute atomic E-state index is 9.95. The second kappa shape index (κ2) is 3.69. The molecule has 0 aliphatic rings. The van der Waals surface area contributed by atoms with Gasteiger partial charge < -0.3 is 4.52 Å². The molecule has 0 saturated carbocycles. The molecule has 0 fully saturated rings. The first-order valence-electron chi connectivity index (χ1n) is 2.58. The summed E-state index contributed by atoms with van der Waals surface area (Å²) in [6, 6.07) is 7.15. The molecule has 0 aromatic heterocycles. The largest absolute Gasteiger partial charge is 0.408 e. The van der Waals surface area contributed by atoms with Crippen molar-refractivity contribution in [3.05, 3.63) is 28.7 Å². The number of halogens is 1. The van der Waals surface area contributed by atoms with Gasteiger partial charge in [-0.3, -0.25) is 0 Å².